The first kappa shape index (κ1) is 9.20. The van der Waals surface area contributed by atoms with Crippen LogP contribution in [-0.2, 0) is 9.59 Å². The van der Waals surface area contributed by atoms with Crippen LogP contribution in [0.25, 0.3) is 0 Å². The van der Waals surface area contributed by atoms with E-state index < -0.39 is 0 Å². The summed E-state index contributed by atoms with van der Waals surface area (Å²) in [6.07, 6.45) is 4.56. The van der Waals surface area contributed by atoms with Gasteiger partial charge < -0.3 is 0 Å². The molecule has 4 rings (SSSR count). The molecule has 0 aromatic heterocycles. The molecule has 0 aromatic rings. The van der Waals surface area contributed by atoms with Crippen LogP contribution in [0.1, 0.15) is 25.7 Å². The SMILES string of the molecule is CN1C(=O)CC2C3CC(C4CCC34)C2C1=O. The van der Waals surface area contributed by atoms with E-state index in [0.29, 0.717) is 24.2 Å². The summed E-state index contributed by atoms with van der Waals surface area (Å²) in [4.78, 5) is 25.3. The number of carbonyl (C=O) groups excluding carboxylic acids is 2. The zero-order chi connectivity index (χ0) is 11.0. The van der Waals surface area contributed by atoms with E-state index in [2.05, 4.69) is 0 Å². The van der Waals surface area contributed by atoms with Crippen molar-refractivity contribution in [1.82, 2.24) is 4.90 Å². The second-order valence-electron chi connectivity index (χ2n) is 6.15. The van der Waals surface area contributed by atoms with Gasteiger partial charge in [-0.25, -0.2) is 0 Å². The highest BCUT2D eigenvalue weighted by Gasteiger charge is 2.64. The van der Waals surface area contributed by atoms with Crippen molar-refractivity contribution >= 4 is 11.8 Å². The van der Waals surface area contributed by atoms with E-state index in [1.807, 2.05) is 0 Å². The van der Waals surface area contributed by atoms with E-state index in [1.54, 1.807) is 7.05 Å². The Kier molecular flexibility index (Phi) is 1.55. The lowest BCUT2D eigenvalue weighted by molar-refractivity contribution is -0.158. The minimum absolute atomic E-state index is 0.0506. The summed E-state index contributed by atoms with van der Waals surface area (Å²) < 4.78 is 0. The molecule has 4 aliphatic rings. The van der Waals surface area contributed by atoms with Gasteiger partial charge in [0.2, 0.25) is 11.8 Å². The van der Waals surface area contributed by atoms with Crippen molar-refractivity contribution in [2.75, 3.05) is 7.05 Å². The van der Waals surface area contributed by atoms with Crippen molar-refractivity contribution < 1.29 is 9.59 Å². The maximum absolute atomic E-state index is 12.2. The van der Waals surface area contributed by atoms with Crippen LogP contribution < -0.4 is 0 Å². The number of hydrogen-bond acceptors (Lipinski definition) is 2. The third-order valence-corrected chi connectivity index (χ3v) is 5.90. The van der Waals surface area contributed by atoms with E-state index in [4.69, 9.17) is 0 Å². The molecule has 3 heteroatoms. The molecular formula is C13H17NO2. The molecule has 3 aliphatic carbocycles. The smallest absolute Gasteiger partial charge is 0.232 e. The Morgan fingerprint density at radius 1 is 1.00 bits per heavy atom. The minimum Gasteiger partial charge on any atom is -0.286 e. The molecule has 4 fully saturated rings. The van der Waals surface area contributed by atoms with Crippen LogP contribution in [0.2, 0.25) is 0 Å². The Balaban J connectivity index is 1.72. The van der Waals surface area contributed by atoms with Crippen molar-refractivity contribution in [2.45, 2.75) is 25.7 Å². The van der Waals surface area contributed by atoms with Crippen LogP contribution in [0.4, 0.5) is 0 Å². The van der Waals surface area contributed by atoms with E-state index in [0.717, 1.165) is 11.8 Å². The van der Waals surface area contributed by atoms with Gasteiger partial charge in [-0.1, -0.05) is 0 Å². The summed E-state index contributed by atoms with van der Waals surface area (Å²) in [6, 6.07) is 0. The van der Waals surface area contributed by atoms with Gasteiger partial charge in [-0.05, 0) is 48.9 Å². The molecule has 16 heavy (non-hydrogen) atoms. The molecular weight excluding hydrogens is 202 g/mol. The predicted molar refractivity (Wildman–Crippen MR) is 57.2 cm³/mol. The summed E-state index contributed by atoms with van der Waals surface area (Å²) in [5, 5.41) is 0. The van der Waals surface area contributed by atoms with Crippen LogP contribution in [0, 0.1) is 35.5 Å². The largest absolute Gasteiger partial charge is 0.286 e. The van der Waals surface area contributed by atoms with Crippen molar-refractivity contribution in [3.8, 4) is 0 Å². The predicted octanol–water partition coefficient (Wildman–Crippen LogP) is 1.28. The maximum atomic E-state index is 12.2. The first-order valence-electron chi connectivity index (χ1n) is 6.49. The second kappa shape index (κ2) is 2.69. The van der Waals surface area contributed by atoms with E-state index in [-0.39, 0.29) is 17.7 Å². The average molecular weight is 219 g/mol. The van der Waals surface area contributed by atoms with Crippen LogP contribution in [0.15, 0.2) is 0 Å². The highest BCUT2D eigenvalue weighted by molar-refractivity contribution is 5.99. The zero-order valence-electron chi connectivity index (χ0n) is 9.56. The van der Waals surface area contributed by atoms with Gasteiger partial charge in [0.15, 0.2) is 0 Å². The van der Waals surface area contributed by atoms with Crippen LogP contribution in [0.3, 0.4) is 0 Å². The van der Waals surface area contributed by atoms with Gasteiger partial charge in [-0.2, -0.15) is 0 Å². The van der Waals surface area contributed by atoms with Crippen molar-refractivity contribution in [3.63, 3.8) is 0 Å². The first-order valence-corrected chi connectivity index (χ1v) is 6.49. The third-order valence-electron chi connectivity index (χ3n) is 5.90. The number of piperidine rings is 1. The molecule has 3 saturated carbocycles. The number of rotatable bonds is 0. The zero-order valence-corrected chi connectivity index (χ0v) is 9.56. The Morgan fingerprint density at radius 3 is 2.38 bits per heavy atom. The normalized spacial score (nSPS) is 53.7. The average Bonchev–Trinajstić information content (AvgIpc) is 2.63. The molecule has 6 unspecified atom stereocenters. The molecule has 0 N–H and O–H groups in total. The number of hydrogen-bond donors (Lipinski definition) is 0. The number of likely N-dealkylation sites (tertiary alicyclic amines) is 1. The van der Waals surface area contributed by atoms with Crippen molar-refractivity contribution in [1.29, 1.82) is 0 Å². The Morgan fingerprint density at radius 2 is 1.69 bits per heavy atom. The Bertz CT molecular complexity index is 391. The van der Waals surface area contributed by atoms with Crippen LogP contribution >= 0.6 is 0 Å². The summed E-state index contributed by atoms with van der Waals surface area (Å²) in [5.74, 6) is 3.81. The van der Waals surface area contributed by atoms with E-state index >= 15 is 0 Å². The molecule has 0 radical (unpaired) electrons. The molecule has 0 aromatic carbocycles. The summed E-state index contributed by atoms with van der Waals surface area (Å²) in [5.41, 5.74) is 0. The number of nitrogens with zero attached hydrogens (tertiary/aromatic N) is 1. The fraction of sp³-hybridized carbons (Fsp3) is 0.846. The van der Waals surface area contributed by atoms with Gasteiger partial charge in [-0.3, -0.25) is 14.5 Å². The molecule has 1 heterocycles. The van der Waals surface area contributed by atoms with Gasteiger partial charge >= 0.3 is 0 Å². The lowest BCUT2D eigenvalue weighted by Gasteiger charge is -2.49. The fourth-order valence-electron chi connectivity index (χ4n) is 5.10. The first-order chi connectivity index (χ1) is 7.68. The molecule has 6 atom stereocenters. The van der Waals surface area contributed by atoms with Crippen LogP contribution in [-0.4, -0.2) is 23.8 Å². The molecule has 1 aliphatic heterocycles. The van der Waals surface area contributed by atoms with Gasteiger partial charge in [0.1, 0.15) is 0 Å². The third kappa shape index (κ3) is 0.836. The monoisotopic (exact) mass is 219 g/mol. The fourth-order valence-corrected chi connectivity index (χ4v) is 5.10. The standard InChI is InChI=1S/C13H17NO2/c1-14-11(15)5-10-8-4-9(12(10)13(14)16)7-3-2-6(7)8/h6-10,12H,2-5H2,1H3. The van der Waals surface area contributed by atoms with Gasteiger partial charge in [0.05, 0.1) is 0 Å². The molecule has 86 valence electrons. The topological polar surface area (TPSA) is 37.4 Å². The van der Waals surface area contributed by atoms with E-state index in [1.165, 1.54) is 24.2 Å². The summed E-state index contributed by atoms with van der Waals surface area (Å²) in [6.45, 7) is 0. The second-order valence-corrected chi connectivity index (χ2v) is 6.15. The molecule has 2 amide bonds. The van der Waals surface area contributed by atoms with Gasteiger partial charge in [-0.15, -0.1) is 0 Å². The highest BCUT2D eigenvalue weighted by Crippen LogP contribution is 2.67. The molecule has 2 bridgehead atoms. The molecule has 3 nitrogen and oxygen atoms in total. The molecule has 1 saturated heterocycles. The lowest BCUT2D eigenvalue weighted by Crippen LogP contribution is -2.53. The van der Waals surface area contributed by atoms with Gasteiger partial charge in [0.25, 0.3) is 0 Å². The van der Waals surface area contributed by atoms with Gasteiger partial charge in [0, 0.05) is 19.4 Å². The number of carbonyl (C=O) groups is 2. The Labute approximate surface area is 95.2 Å². The summed E-state index contributed by atoms with van der Waals surface area (Å²) >= 11 is 0. The highest BCUT2D eigenvalue weighted by atomic mass is 16.2. The minimum atomic E-state index is 0.0506. The van der Waals surface area contributed by atoms with Crippen LogP contribution in [0.5, 0.6) is 0 Å². The van der Waals surface area contributed by atoms with Crippen molar-refractivity contribution in [2.24, 2.45) is 35.5 Å². The quantitative estimate of drug-likeness (QED) is 0.576. The summed E-state index contributed by atoms with van der Waals surface area (Å²) in [7, 11) is 1.66. The Hall–Kier alpha value is -0.860. The van der Waals surface area contributed by atoms with E-state index in [9.17, 15) is 9.59 Å². The number of fused-ring (bicyclic) bond motifs is 8. The maximum Gasteiger partial charge on any atom is 0.232 e. The van der Waals surface area contributed by atoms with Crippen molar-refractivity contribution in [3.05, 3.63) is 0 Å². The number of amides is 2. The lowest BCUT2D eigenvalue weighted by atomic mass is 9.57. The molecule has 0 spiro atoms. The number of imide groups is 1.